The molecule has 4 aliphatic rings. The maximum atomic E-state index is 11.5. The third-order valence-electron chi connectivity index (χ3n) is 7.83. The Morgan fingerprint density at radius 2 is 2.19 bits per heavy atom. The highest BCUT2D eigenvalue weighted by molar-refractivity contribution is 5.73. The molecular formula is C21H26NO5+. The number of hydrogen-bond donors (Lipinski definition) is 3. The first-order valence-electron chi connectivity index (χ1n) is 9.79. The Bertz CT molecular complexity index is 880. The van der Waals surface area contributed by atoms with E-state index >= 15 is 0 Å². The Kier molecular flexibility index (Phi) is 3.33. The van der Waals surface area contributed by atoms with Gasteiger partial charge in [-0.25, -0.2) is 0 Å². The summed E-state index contributed by atoms with van der Waals surface area (Å²) >= 11 is 0. The molecule has 1 aromatic rings. The van der Waals surface area contributed by atoms with Crippen LogP contribution in [0.1, 0.15) is 30.0 Å². The number of phenolic OH excluding ortho intramolecular Hbond substituents is 1. The minimum absolute atomic E-state index is 0.00325. The summed E-state index contributed by atoms with van der Waals surface area (Å²) in [5, 5.41) is 30.7. The summed E-state index contributed by atoms with van der Waals surface area (Å²) in [6.45, 7) is 4.20. The number of likely N-dealkylation sites (N-methyl/N-ethyl adjacent to an activating group) is 1. The van der Waals surface area contributed by atoms with Crippen LogP contribution in [0.25, 0.3) is 0 Å². The molecule has 27 heavy (non-hydrogen) atoms. The van der Waals surface area contributed by atoms with Crippen LogP contribution in [-0.4, -0.2) is 64.2 Å². The number of phenols is 1. The van der Waals surface area contributed by atoms with Crippen molar-refractivity contribution >= 4 is 5.97 Å². The Labute approximate surface area is 158 Å². The topological polar surface area (TPSA) is 87.0 Å². The Hall–Kier alpha value is -2.05. The second-order valence-corrected chi connectivity index (χ2v) is 8.83. The number of aliphatic carboxylic acids is 1. The number of quaternary nitrogens is 1. The molecule has 0 saturated carbocycles. The number of piperidine rings is 1. The van der Waals surface area contributed by atoms with Crippen LogP contribution < -0.4 is 4.74 Å². The van der Waals surface area contributed by atoms with Gasteiger partial charge < -0.3 is 24.5 Å². The van der Waals surface area contributed by atoms with Crippen LogP contribution in [0.4, 0.5) is 0 Å². The molecule has 5 rings (SSSR count). The second kappa shape index (κ2) is 5.26. The number of aromatic hydroxyl groups is 1. The molecule has 144 valence electrons. The third kappa shape index (κ3) is 1.95. The first-order chi connectivity index (χ1) is 12.8. The molecule has 6 atom stereocenters. The quantitative estimate of drug-likeness (QED) is 0.551. The van der Waals surface area contributed by atoms with Gasteiger partial charge in [-0.15, -0.1) is 0 Å². The van der Waals surface area contributed by atoms with E-state index in [9.17, 15) is 20.1 Å². The van der Waals surface area contributed by atoms with Crippen LogP contribution in [-0.2, 0) is 23.1 Å². The molecule has 2 aliphatic carbocycles. The van der Waals surface area contributed by atoms with Crippen LogP contribution in [0.5, 0.6) is 11.5 Å². The number of carbonyl (C=O) groups is 1. The number of carboxylic acid groups (broad SMARTS) is 1. The molecule has 0 aromatic heterocycles. The molecule has 6 heteroatoms. The summed E-state index contributed by atoms with van der Waals surface area (Å²) in [5.41, 5.74) is 2.30. The zero-order valence-corrected chi connectivity index (χ0v) is 15.7. The van der Waals surface area contributed by atoms with Crippen LogP contribution >= 0.6 is 0 Å². The van der Waals surface area contributed by atoms with Crippen molar-refractivity contribution in [1.29, 1.82) is 0 Å². The van der Waals surface area contributed by atoms with Crippen molar-refractivity contribution in [2.45, 2.75) is 49.9 Å². The molecule has 2 aliphatic heterocycles. The lowest BCUT2D eigenvalue weighted by molar-refractivity contribution is -0.942. The molecular weight excluding hydrogens is 346 g/mol. The molecule has 0 amide bonds. The summed E-state index contributed by atoms with van der Waals surface area (Å²) in [7, 11) is 2.28. The minimum atomic E-state index is -0.901. The normalized spacial score (nSPS) is 40.4. The predicted octanol–water partition coefficient (Wildman–Crippen LogP) is 1.36. The predicted molar refractivity (Wildman–Crippen MR) is 97.9 cm³/mol. The Balaban J connectivity index is 1.80. The summed E-state index contributed by atoms with van der Waals surface area (Å²) in [4.78, 5) is 11.5. The molecule has 6 nitrogen and oxygen atoms in total. The molecule has 1 spiro atoms. The molecule has 1 aromatic carbocycles. The number of hydrogen-bond acceptors (Lipinski definition) is 4. The van der Waals surface area contributed by atoms with E-state index in [-0.39, 0.29) is 23.5 Å². The highest BCUT2D eigenvalue weighted by Gasteiger charge is 2.68. The molecule has 3 N–H and O–H groups in total. The van der Waals surface area contributed by atoms with Gasteiger partial charge in [-0.05, 0) is 24.1 Å². The highest BCUT2D eigenvalue weighted by atomic mass is 16.5. The zero-order valence-electron chi connectivity index (χ0n) is 15.7. The van der Waals surface area contributed by atoms with Crippen LogP contribution in [0.15, 0.2) is 18.2 Å². The molecule has 1 unspecified atom stereocenters. The lowest BCUT2D eigenvalue weighted by Gasteiger charge is -2.59. The van der Waals surface area contributed by atoms with Gasteiger partial charge in [0.15, 0.2) is 11.5 Å². The summed E-state index contributed by atoms with van der Waals surface area (Å²) in [6.07, 6.45) is 4.39. The van der Waals surface area contributed by atoms with E-state index in [2.05, 4.69) is 20.0 Å². The van der Waals surface area contributed by atoms with Crippen molar-refractivity contribution in [2.75, 3.05) is 20.1 Å². The van der Waals surface area contributed by atoms with Crippen LogP contribution in [0.3, 0.4) is 0 Å². The van der Waals surface area contributed by atoms with Crippen molar-refractivity contribution in [1.82, 2.24) is 0 Å². The van der Waals surface area contributed by atoms with Crippen molar-refractivity contribution in [3.63, 3.8) is 0 Å². The first kappa shape index (κ1) is 17.1. The number of carboxylic acids is 1. The Morgan fingerprint density at radius 1 is 1.41 bits per heavy atom. The van der Waals surface area contributed by atoms with E-state index in [1.165, 1.54) is 0 Å². The lowest BCUT2D eigenvalue weighted by atomic mass is 9.52. The van der Waals surface area contributed by atoms with Crippen LogP contribution in [0.2, 0.25) is 0 Å². The van der Waals surface area contributed by atoms with Gasteiger partial charge in [-0.1, -0.05) is 12.2 Å². The largest absolute Gasteiger partial charge is 0.504 e. The first-order valence-corrected chi connectivity index (χ1v) is 9.79. The number of aliphatic hydroxyl groups excluding tert-OH is 1. The van der Waals surface area contributed by atoms with E-state index in [4.69, 9.17) is 4.74 Å². The average Bonchev–Trinajstić information content (AvgIpc) is 2.97. The summed E-state index contributed by atoms with van der Waals surface area (Å²) in [5.74, 6) is -0.223. The standard InChI is InChI=1S/C21H25NO5/c1-3-22(2)7-6-21-13-4-5-15(23)20(21)27-19-16(24)8-11(9-17(25)26)12(18(19)21)10-14(13)22/h4-5,8,13-15,20,23H,3,6-7,9-10H2,1-2H3,(H-,24,25,26)/p+1/t13-,14+,15-,20-,21-,22?/m0/s1. The number of benzene rings is 1. The molecule has 2 heterocycles. The maximum Gasteiger partial charge on any atom is 0.307 e. The van der Waals surface area contributed by atoms with E-state index in [0.717, 1.165) is 41.5 Å². The minimum Gasteiger partial charge on any atom is -0.504 e. The fourth-order valence-corrected chi connectivity index (χ4v) is 6.37. The Morgan fingerprint density at radius 3 is 2.89 bits per heavy atom. The molecule has 2 bridgehead atoms. The lowest BCUT2D eigenvalue weighted by Crippen LogP contribution is -2.71. The maximum absolute atomic E-state index is 11.5. The number of ether oxygens (including phenoxy) is 1. The van der Waals surface area contributed by atoms with E-state index in [1.807, 2.05) is 6.08 Å². The van der Waals surface area contributed by atoms with Gasteiger partial charge in [-0.2, -0.15) is 0 Å². The highest BCUT2D eigenvalue weighted by Crippen LogP contribution is 2.63. The zero-order chi connectivity index (χ0) is 19.1. The SMILES string of the molecule is CC[N+]1(C)CC[C@]23c4c5c(CC(=O)O)cc(O)c4O[C@H]2[C@@H](O)C=C[C@H]3[C@H]1C5. The van der Waals surface area contributed by atoms with E-state index in [1.54, 1.807) is 6.07 Å². The van der Waals surface area contributed by atoms with Crippen molar-refractivity contribution in [2.24, 2.45) is 5.92 Å². The second-order valence-electron chi connectivity index (χ2n) is 8.83. The number of nitrogens with zero attached hydrogens (tertiary/aromatic N) is 1. The molecule has 1 saturated heterocycles. The smallest absolute Gasteiger partial charge is 0.307 e. The van der Waals surface area contributed by atoms with Gasteiger partial charge >= 0.3 is 5.97 Å². The number of likely N-dealkylation sites (tertiary alicyclic amines) is 1. The molecule has 1 fully saturated rings. The average molecular weight is 372 g/mol. The van der Waals surface area contributed by atoms with Gasteiger partial charge in [0.05, 0.1) is 32.0 Å². The monoisotopic (exact) mass is 372 g/mol. The van der Waals surface area contributed by atoms with E-state index < -0.39 is 18.2 Å². The van der Waals surface area contributed by atoms with Gasteiger partial charge in [0.1, 0.15) is 18.2 Å². The number of rotatable bonds is 3. The van der Waals surface area contributed by atoms with Crippen molar-refractivity contribution < 1.29 is 29.3 Å². The van der Waals surface area contributed by atoms with Crippen LogP contribution in [0, 0.1) is 5.92 Å². The van der Waals surface area contributed by atoms with Gasteiger partial charge in [-0.3, -0.25) is 4.79 Å². The van der Waals surface area contributed by atoms with Gasteiger partial charge in [0.2, 0.25) is 0 Å². The fraction of sp³-hybridized carbons (Fsp3) is 0.571. The van der Waals surface area contributed by atoms with Gasteiger partial charge in [0.25, 0.3) is 0 Å². The molecule has 0 radical (unpaired) electrons. The summed E-state index contributed by atoms with van der Waals surface area (Å²) < 4.78 is 7.11. The number of aliphatic hydroxyl groups is 1. The van der Waals surface area contributed by atoms with Crippen molar-refractivity contribution in [3.8, 4) is 11.5 Å². The van der Waals surface area contributed by atoms with Crippen molar-refractivity contribution in [3.05, 3.63) is 34.9 Å². The van der Waals surface area contributed by atoms with E-state index in [0.29, 0.717) is 17.4 Å². The summed E-state index contributed by atoms with van der Waals surface area (Å²) in [6, 6.07) is 1.87. The van der Waals surface area contributed by atoms with Gasteiger partial charge in [0, 0.05) is 24.3 Å². The fourth-order valence-electron chi connectivity index (χ4n) is 6.37. The third-order valence-corrected chi connectivity index (χ3v) is 7.83.